The maximum Gasteiger partial charge on any atom is 0.332 e. The fourth-order valence-electron chi connectivity index (χ4n) is 2.83. The van der Waals surface area contributed by atoms with Crippen molar-refractivity contribution in [2.24, 2.45) is 12.1 Å². The van der Waals surface area contributed by atoms with Gasteiger partial charge < -0.3 is 0 Å². The van der Waals surface area contributed by atoms with Crippen LogP contribution in [0.25, 0.3) is 11.2 Å². The summed E-state index contributed by atoms with van der Waals surface area (Å²) in [7, 11) is 1.63. The molecule has 126 valence electrons. The molecular weight excluding hydrogens is 308 g/mol. The van der Waals surface area contributed by atoms with Crippen molar-refractivity contribution in [3.8, 4) is 0 Å². The minimum Gasteiger partial charge on any atom is -0.297 e. The molecule has 8 heteroatoms. The number of aromatic nitrogens is 4. The van der Waals surface area contributed by atoms with Gasteiger partial charge in [0.15, 0.2) is 11.2 Å². The molecule has 0 fully saturated rings. The molecule has 0 radical (unpaired) electrons. The Bertz CT molecular complexity index is 989. The molecule has 0 unspecified atom stereocenters. The van der Waals surface area contributed by atoms with E-state index in [-0.39, 0.29) is 17.8 Å². The number of allylic oxidation sites excluding steroid dienone is 2. The Kier molecular flexibility index (Phi) is 3.96. The molecule has 0 bridgehead atoms. The number of anilines is 1. The predicted octanol–water partition coefficient (Wildman–Crippen LogP) is 0.855. The summed E-state index contributed by atoms with van der Waals surface area (Å²) in [6.07, 6.45) is 5.30. The quantitative estimate of drug-likeness (QED) is 0.780. The third-order valence-electron chi connectivity index (χ3n) is 3.95. The third-order valence-corrected chi connectivity index (χ3v) is 3.95. The average molecular weight is 328 g/mol. The van der Waals surface area contributed by atoms with E-state index in [4.69, 9.17) is 0 Å². The van der Waals surface area contributed by atoms with Crippen molar-refractivity contribution in [3.05, 3.63) is 45.6 Å². The Labute approximate surface area is 138 Å². The van der Waals surface area contributed by atoms with Gasteiger partial charge in [0, 0.05) is 13.6 Å². The first kappa shape index (κ1) is 16.0. The van der Waals surface area contributed by atoms with E-state index in [0.29, 0.717) is 30.2 Å². The molecule has 0 amide bonds. The van der Waals surface area contributed by atoms with E-state index in [2.05, 4.69) is 16.7 Å². The molecule has 2 aromatic rings. The maximum atomic E-state index is 12.9. The second kappa shape index (κ2) is 5.95. The third kappa shape index (κ3) is 2.31. The van der Waals surface area contributed by atoms with Gasteiger partial charge in [-0.15, -0.1) is 6.58 Å². The molecule has 3 heterocycles. The van der Waals surface area contributed by atoms with E-state index < -0.39 is 0 Å². The second-order valence-corrected chi connectivity index (χ2v) is 5.70. The smallest absolute Gasteiger partial charge is 0.297 e. The van der Waals surface area contributed by atoms with Gasteiger partial charge in [0.25, 0.3) is 5.56 Å². The van der Waals surface area contributed by atoms with E-state index >= 15 is 0 Å². The lowest BCUT2D eigenvalue weighted by Crippen LogP contribution is -2.39. The number of hydrogen-bond acceptors (Lipinski definition) is 5. The molecule has 0 saturated carbocycles. The molecule has 0 N–H and O–H groups in total. The van der Waals surface area contributed by atoms with E-state index in [1.807, 2.05) is 24.5 Å². The molecule has 1 aliphatic heterocycles. The first-order valence-corrected chi connectivity index (χ1v) is 7.73. The first-order chi connectivity index (χ1) is 11.5. The Hall–Kier alpha value is -2.90. The molecule has 0 saturated heterocycles. The summed E-state index contributed by atoms with van der Waals surface area (Å²) in [6, 6.07) is 0. The number of rotatable bonds is 4. The molecule has 0 aliphatic carbocycles. The average Bonchev–Trinajstić information content (AvgIpc) is 2.93. The number of fused-ring (bicyclic) bond motifs is 3. The molecule has 0 aromatic carbocycles. The molecule has 8 nitrogen and oxygen atoms in total. The molecule has 0 spiro atoms. The number of hydrogen-bond donors (Lipinski definition) is 0. The number of imidazole rings is 1. The largest absolute Gasteiger partial charge is 0.332 e. The lowest BCUT2D eigenvalue weighted by atomic mass is 10.3. The van der Waals surface area contributed by atoms with Gasteiger partial charge in [-0.2, -0.15) is 10.1 Å². The Morgan fingerprint density at radius 3 is 2.71 bits per heavy atom. The SMILES string of the molecule is C=CCN1N=C(C)Cn2c1nc1c2c(=O)n(C/C=C\C)c(=O)n1C. The highest BCUT2D eigenvalue weighted by molar-refractivity contribution is 5.87. The highest BCUT2D eigenvalue weighted by Gasteiger charge is 2.25. The summed E-state index contributed by atoms with van der Waals surface area (Å²) in [6.45, 7) is 8.65. The lowest BCUT2D eigenvalue weighted by molar-refractivity contribution is 0.663. The Morgan fingerprint density at radius 1 is 1.29 bits per heavy atom. The van der Waals surface area contributed by atoms with Crippen molar-refractivity contribution >= 4 is 22.8 Å². The van der Waals surface area contributed by atoms with Gasteiger partial charge in [0.2, 0.25) is 5.95 Å². The first-order valence-electron chi connectivity index (χ1n) is 7.73. The van der Waals surface area contributed by atoms with Crippen LogP contribution in [0, 0.1) is 0 Å². The number of nitrogens with zero attached hydrogens (tertiary/aromatic N) is 6. The standard InChI is InChI=1S/C16H20N6O2/c1-5-7-9-20-14(23)12-13(19(4)16(20)24)17-15-21(12)10-11(3)18-22(15)8-6-2/h5-7H,2,8-10H2,1,3-4H3/b7-5-. The second-order valence-electron chi connectivity index (χ2n) is 5.70. The van der Waals surface area contributed by atoms with Crippen LogP contribution < -0.4 is 16.3 Å². The highest BCUT2D eigenvalue weighted by atomic mass is 16.2. The lowest BCUT2D eigenvalue weighted by Gasteiger charge is -2.23. The molecule has 1 aliphatic rings. The monoisotopic (exact) mass is 328 g/mol. The summed E-state index contributed by atoms with van der Waals surface area (Å²) in [5.41, 5.74) is 0.930. The summed E-state index contributed by atoms with van der Waals surface area (Å²) in [5, 5.41) is 6.14. The summed E-state index contributed by atoms with van der Waals surface area (Å²) < 4.78 is 4.44. The van der Waals surface area contributed by atoms with Crippen LogP contribution in [0.5, 0.6) is 0 Å². The van der Waals surface area contributed by atoms with E-state index in [1.165, 1.54) is 9.13 Å². The molecule has 0 atom stereocenters. The van der Waals surface area contributed by atoms with Gasteiger partial charge in [0.05, 0.1) is 18.8 Å². The maximum absolute atomic E-state index is 12.9. The van der Waals surface area contributed by atoms with Gasteiger partial charge in [-0.25, -0.2) is 9.80 Å². The van der Waals surface area contributed by atoms with Crippen molar-refractivity contribution in [1.29, 1.82) is 0 Å². The van der Waals surface area contributed by atoms with Gasteiger partial charge in [-0.05, 0) is 13.8 Å². The van der Waals surface area contributed by atoms with Crippen LogP contribution in [-0.4, -0.2) is 30.9 Å². The highest BCUT2D eigenvalue weighted by Crippen LogP contribution is 2.23. The zero-order valence-corrected chi connectivity index (χ0v) is 14.1. The van der Waals surface area contributed by atoms with Gasteiger partial charge in [-0.3, -0.25) is 18.5 Å². The van der Waals surface area contributed by atoms with Crippen LogP contribution in [-0.2, 0) is 20.1 Å². The summed E-state index contributed by atoms with van der Waals surface area (Å²) in [5.74, 6) is 0.548. The van der Waals surface area contributed by atoms with Crippen molar-refractivity contribution in [2.45, 2.75) is 26.9 Å². The Balaban J connectivity index is 2.35. The topological polar surface area (TPSA) is 77.4 Å². The van der Waals surface area contributed by atoms with Crippen LogP contribution >= 0.6 is 0 Å². The van der Waals surface area contributed by atoms with Gasteiger partial charge in [-0.1, -0.05) is 18.2 Å². The minimum absolute atomic E-state index is 0.238. The van der Waals surface area contributed by atoms with Crippen LogP contribution in [0.15, 0.2) is 39.5 Å². The summed E-state index contributed by atoms with van der Waals surface area (Å²) in [4.78, 5) is 29.9. The van der Waals surface area contributed by atoms with Crippen molar-refractivity contribution in [2.75, 3.05) is 11.6 Å². The van der Waals surface area contributed by atoms with Crippen molar-refractivity contribution in [1.82, 2.24) is 18.7 Å². The predicted molar refractivity (Wildman–Crippen MR) is 94.7 cm³/mol. The Morgan fingerprint density at radius 2 is 2.04 bits per heavy atom. The molecule has 24 heavy (non-hydrogen) atoms. The molecule has 2 aromatic heterocycles. The van der Waals surface area contributed by atoms with Crippen LogP contribution in [0.1, 0.15) is 13.8 Å². The van der Waals surface area contributed by atoms with Gasteiger partial charge >= 0.3 is 5.69 Å². The minimum atomic E-state index is -0.381. The zero-order chi connectivity index (χ0) is 17.4. The fourth-order valence-corrected chi connectivity index (χ4v) is 2.83. The normalized spacial score (nSPS) is 14.3. The molecule has 3 rings (SSSR count). The molecular formula is C16H20N6O2. The summed E-state index contributed by atoms with van der Waals surface area (Å²) >= 11 is 0. The van der Waals surface area contributed by atoms with Crippen molar-refractivity contribution < 1.29 is 0 Å². The van der Waals surface area contributed by atoms with Crippen LogP contribution in [0.4, 0.5) is 5.95 Å². The number of hydrazone groups is 1. The van der Waals surface area contributed by atoms with E-state index in [1.54, 1.807) is 24.2 Å². The van der Waals surface area contributed by atoms with E-state index in [0.717, 1.165) is 5.71 Å². The van der Waals surface area contributed by atoms with Gasteiger partial charge in [0.1, 0.15) is 0 Å². The zero-order valence-electron chi connectivity index (χ0n) is 14.1. The number of aryl methyl sites for hydroxylation is 1. The van der Waals surface area contributed by atoms with E-state index in [9.17, 15) is 9.59 Å². The van der Waals surface area contributed by atoms with Crippen LogP contribution in [0.2, 0.25) is 0 Å². The van der Waals surface area contributed by atoms with Crippen molar-refractivity contribution in [3.63, 3.8) is 0 Å². The van der Waals surface area contributed by atoms with Crippen LogP contribution in [0.3, 0.4) is 0 Å². The fraction of sp³-hybridized carbons (Fsp3) is 0.375.